The van der Waals surface area contributed by atoms with Crippen LogP contribution in [-0.4, -0.2) is 17.7 Å². The van der Waals surface area contributed by atoms with E-state index in [1.54, 1.807) is 18.2 Å². The highest BCUT2D eigenvalue weighted by Gasteiger charge is 2.16. The van der Waals surface area contributed by atoms with Gasteiger partial charge in [0.1, 0.15) is 0 Å². The van der Waals surface area contributed by atoms with E-state index in [0.29, 0.717) is 23.6 Å². The fourth-order valence-electron chi connectivity index (χ4n) is 2.59. The summed E-state index contributed by atoms with van der Waals surface area (Å²) in [5.74, 6) is 1.15. The third-order valence-corrected chi connectivity index (χ3v) is 3.75. The molecule has 0 fully saturated rings. The van der Waals surface area contributed by atoms with E-state index in [2.05, 4.69) is 10.3 Å². The number of hydrogen-bond acceptors (Lipinski definition) is 3. The zero-order chi connectivity index (χ0) is 14.9. The van der Waals surface area contributed by atoms with E-state index in [1.165, 1.54) is 0 Å². The summed E-state index contributed by atoms with van der Waals surface area (Å²) >= 11 is 0. The highest BCUT2D eigenvalue weighted by Crippen LogP contribution is 2.32. The second kappa shape index (κ2) is 5.11. The van der Waals surface area contributed by atoms with Crippen LogP contribution in [0.4, 0.5) is 0 Å². The lowest BCUT2D eigenvalue weighted by atomic mass is 10.1. The number of fused-ring (bicyclic) bond motifs is 2. The molecule has 4 rings (SSSR count). The number of aromatic nitrogens is 1. The Balaban J connectivity index is 1.50. The fraction of sp³-hybridized carbons (Fsp3) is 0.118. The van der Waals surface area contributed by atoms with Crippen molar-refractivity contribution in [3.8, 4) is 11.5 Å². The van der Waals surface area contributed by atoms with E-state index in [0.717, 1.165) is 16.5 Å². The Bertz CT molecular complexity index is 854. The van der Waals surface area contributed by atoms with Gasteiger partial charge in [0.15, 0.2) is 11.5 Å². The Kier molecular flexibility index (Phi) is 2.96. The van der Waals surface area contributed by atoms with Crippen molar-refractivity contribution in [3.05, 3.63) is 59.8 Å². The molecular formula is C17H14N2O3. The minimum absolute atomic E-state index is 0.136. The van der Waals surface area contributed by atoms with Crippen LogP contribution in [-0.2, 0) is 6.54 Å². The summed E-state index contributed by atoms with van der Waals surface area (Å²) in [7, 11) is 0. The largest absolute Gasteiger partial charge is 0.454 e. The maximum atomic E-state index is 12.3. The van der Waals surface area contributed by atoms with Gasteiger partial charge in [-0.05, 0) is 29.8 Å². The summed E-state index contributed by atoms with van der Waals surface area (Å²) < 4.78 is 10.5. The Morgan fingerprint density at radius 1 is 1.14 bits per heavy atom. The molecule has 5 heteroatoms. The summed E-state index contributed by atoms with van der Waals surface area (Å²) in [5.41, 5.74) is 2.68. The molecule has 110 valence electrons. The van der Waals surface area contributed by atoms with Crippen molar-refractivity contribution in [2.75, 3.05) is 6.79 Å². The molecule has 5 nitrogen and oxygen atoms in total. The molecule has 2 heterocycles. The highest BCUT2D eigenvalue weighted by atomic mass is 16.7. The molecular weight excluding hydrogens is 280 g/mol. The Morgan fingerprint density at radius 2 is 2.00 bits per heavy atom. The topological polar surface area (TPSA) is 63.4 Å². The third kappa shape index (κ3) is 2.16. The number of carbonyl (C=O) groups excluding carboxylic acids is 1. The average molecular weight is 294 g/mol. The van der Waals surface area contributed by atoms with Gasteiger partial charge < -0.3 is 19.8 Å². The fourth-order valence-corrected chi connectivity index (χ4v) is 2.59. The molecule has 2 aromatic carbocycles. The van der Waals surface area contributed by atoms with Gasteiger partial charge in [0.05, 0.1) is 0 Å². The van der Waals surface area contributed by atoms with Crippen molar-refractivity contribution in [3.63, 3.8) is 0 Å². The number of ether oxygens (including phenoxy) is 2. The van der Waals surface area contributed by atoms with Crippen molar-refractivity contribution < 1.29 is 14.3 Å². The van der Waals surface area contributed by atoms with Gasteiger partial charge in [-0.1, -0.05) is 18.2 Å². The molecule has 1 aliphatic heterocycles. The molecule has 0 spiro atoms. The first-order valence-electron chi connectivity index (χ1n) is 7.04. The number of aromatic amines is 1. The average Bonchev–Trinajstić information content (AvgIpc) is 3.18. The first kappa shape index (κ1) is 12.8. The number of benzene rings is 2. The van der Waals surface area contributed by atoms with Gasteiger partial charge in [-0.25, -0.2) is 0 Å². The summed E-state index contributed by atoms with van der Waals surface area (Å²) in [4.78, 5) is 15.5. The molecule has 0 saturated carbocycles. The van der Waals surface area contributed by atoms with Crippen LogP contribution >= 0.6 is 0 Å². The van der Waals surface area contributed by atoms with Crippen molar-refractivity contribution in [1.82, 2.24) is 10.3 Å². The molecule has 0 bridgehead atoms. The molecule has 1 aromatic heterocycles. The molecule has 0 radical (unpaired) electrons. The normalized spacial score (nSPS) is 12.5. The lowest BCUT2D eigenvalue weighted by Gasteiger charge is -2.05. The zero-order valence-corrected chi connectivity index (χ0v) is 11.8. The Morgan fingerprint density at radius 3 is 2.95 bits per heavy atom. The lowest BCUT2D eigenvalue weighted by molar-refractivity contribution is 0.0950. The standard InChI is InChI=1S/C17H14N2O3/c20-17(11-5-6-15-16(7-11)22-10-21-15)19-9-12-8-18-14-4-2-1-3-13(12)14/h1-8,18H,9-10H2,(H,19,20). The summed E-state index contributed by atoms with van der Waals surface area (Å²) in [6, 6.07) is 13.2. The maximum absolute atomic E-state index is 12.3. The Hall–Kier alpha value is -2.95. The number of para-hydroxylation sites is 1. The number of carbonyl (C=O) groups is 1. The van der Waals surface area contributed by atoms with Crippen LogP contribution in [0, 0.1) is 0 Å². The van der Waals surface area contributed by atoms with Crippen LogP contribution in [0.2, 0.25) is 0 Å². The molecule has 22 heavy (non-hydrogen) atoms. The predicted molar refractivity (Wildman–Crippen MR) is 82.0 cm³/mol. The number of rotatable bonds is 3. The van der Waals surface area contributed by atoms with Crippen LogP contribution in [0.1, 0.15) is 15.9 Å². The maximum Gasteiger partial charge on any atom is 0.251 e. The second-order valence-corrected chi connectivity index (χ2v) is 5.11. The van der Waals surface area contributed by atoms with E-state index >= 15 is 0 Å². The van der Waals surface area contributed by atoms with Crippen LogP contribution < -0.4 is 14.8 Å². The van der Waals surface area contributed by atoms with E-state index < -0.39 is 0 Å². The summed E-state index contributed by atoms with van der Waals surface area (Å²) in [6.45, 7) is 0.674. The molecule has 0 atom stereocenters. The number of hydrogen-bond donors (Lipinski definition) is 2. The first-order valence-corrected chi connectivity index (χ1v) is 7.04. The quantitative estimate of drug-likeness (QED) is 0.780. The molecule has 0 unspecified atom stereocenters. The number of H-pyrrole nitrogens is 1. The SMILES string of the molecule is O=C(NCc1c[nH]c2ccccc12)c1ccc2c(c1)OCO2. The number of nitrogens with one attached hydrogen (secondary N) is 2. The van der Waals surface area contributed by atoms with Gasteiger partial charge >= 0.3 is 0 Å². The van der Waals surface area contributed by atoms with Crippen molar-refractivity contribution in [1.29, 1.82) is 0 Å². The van der Waals surface area contributed by atoms with E-state index in [4.69, 9.17) is 9.47 Å². The molecule has 2 N–H and O–H groups in total. The van der Waals surface area contributed by atoms with Gasteiger partial charge in [0, 0.05) is 29.2 Å². The van der Waals surface area contributed by atoms with E-state index in [1.807, 2.05) is 30.5 Å². The molecule has 0 aliphatic carbocycles. The monoisotopic (exact) mass is 294 g/mol. The van der Waals surface area contributed by atoms with Crippen molar-refractivity contribution in [2.45, 2.75) is 6.54 Å². The van der Waals surface area contributed by atoms with Gasteiger partial charge in [0.2, 0.25) is 6.79 Å². The third-order valence-electron chi connectivity index (χ3n) is 3.75. The molecule has 3 aromatic rings. The van der Waals surface area contributed by atoms with Crippen LogP contribution in [0.15, 0.2) is 48.7 Å². The van der Waals surface area contributed by atoms with Gasteiger partial charge in [-0.15, -0.1) is 0 Å². The first-order chi connectivity index (χ1) is 10.8. The second-order valence-electron chi connectivity index (χ2n) is 5.11. The van der Waals surface area contributed by atoms with Crippen molar-refractivity contribution >= 4 is 16.8 Å². The molecule has 1 aliphatic rings. The minimum atomic E-state index is -0.136. The smallest absolute Gasteiger partial charge is 0.251 e. The highest BCUT2D eigenvalue weighted by molar-refractivity contribution is 5.95. The molecule has 0 saturated heterocycles. The van der Waals surface area contributed by atoms with Gasteiger partial charge in [0.25, 0.3) is 5.91 Å². The zero-order valence-electron chi connectivity index (χ0n) is 11.8. The van der Waals surface area contributed by atoms with Gasteiger partial charge in [-0.3, -0.25) is 4.79 Å². The predicted octanol–water partition coefficient (Wildman–Crippen LogP) is 2.83. The van der Waals surface area contributed by atoms with Crippen molar-refractivity contribution in [2.24, 2.45) is 0 Å². The van der Waals surface area contributed by atoms with E-state index in [9.17, 15) is 4.79 Å². The summed E-state index contributed by atoms with van der Waals surface area (Å²) in [6.07, 6.45) is 1.92. The van der Waals surface area contributed by atoms with Crippen LogP contribution in [0.3, 0.4) is 0 Å². The van der Waals surface area contributed by atoms with Crippen LogP contribution in [0.5, 0.6) is 11.5 Å². The number of amides is 1. The Labute approximate surface area is 126 Å². The minimum Gasteiger partial charge on any atom is -0.454 e. The van der Waals surface area contributed by atoms with Crippen LogP contribution in [0.25, 0.3) is 10.9 Å². The summed E-state index contributed by atoms with van der Waals surface area (Å²) in [5, 5.41) is 4.05. The lowest BCUT2D eigenvalue weighted by Crippen LogP contribution is -2.22. The van der Waals surface area contributed by atoms with Gasteiger partial charge in [-0.2, -0.15) is 0 Å². The molecule has 1 amide bonds. The van der Waals surface area contributed by atoms with E-state index in [-0.39, 0.29) is 12.7 Å².